The minimum Gasteiger partial charge on any atom is -0.481 e. The first-order valence-electron chi connectivity index (χ1n) is 10.2. The van der Waals surface area contributed by atoms with Crippen LogP contribution in [0.15, 0.2) is 36.5 Å². The van der Waals surface area contributed by atoms with E-state index in [2.05, 4.69) is 48.7 Å². The van der Waals surface area contributed by atoms with Crippen LogP contribution in [0, 0.1) is 0 Å². The number of unbranched alkanes of at least 4 members (excludes halogenated alkanes) is 5. The van der Waals surface area contributed by atoms with E-state index in [1.54, 1.807) is 0 Å². The minimum absolute atomic E-state index is 0.196. The Bertz CT molecular complexity index is 537. The summed E-state index contributed by atoms with van der Waals surface area (Å²) >= 11 is 0. The molecule has 1 atom stereocenters. The standard InChI is InChI=1S/C22H35NO5/c1-2-3-4-5-6-7-8-9-10-11-12-13-14-15-16-17-20(24)23-19(22(27)28)18-21(25)26/h6-7,9-10,12-13,19H,2-5,8,11,14-18H2,1H3,(H,23,24)(H,25,26)(H,27,28). The number of carbonyl (C=O) groups is 3. The molecule has 6 heteroatoms. The highest BCUT2D eigenvalue weighted by atomic mass is 16.4. The molecule has 0 radical (unpaired) electrons. The maximum Gasteiger partial charge on any atom is 0.326 e. The van der Waals surface area contributed by atoms with Crippen LogP contribution >= 0.6 is 0 Å². The molecular weight excluding hydrogens is 358 g/mol. The maximum absolute atomic E-state index is 11.7. The van der Waals surface area contributed by atoms with Gasteiger partial charge in [-0.1, -0.05) is 56.2 Å². The molecule has 0 aliphatic heterocycles. The monoisotopic (exact) mass is 393 g/mol. The van der Waals surface area contributed by atoms with Gasteiger partial charge in [-0.15, -0.1) is 0 Å². The zero-order chi connectivity index (χ0) is 21.0. The fourth-order valence-electron chi connectivity index (χ4n) is 2.48. The Labute approximate surface area is 168 Å². The smallest absolute Gasteiger partial charge is 0.326 e. The summed E-state index contributed by atoms with van der Waals surface area (Å²) < 4.78 is 0. The van der Waals surface area contributed by atoms with Crippen LogP contribution in [0.25, 0.3) is 0 Å². The van der Waals surface area contributed by atoms with Crippen molar-refractivity contribution < 1.29 is 24.6 Å². The number of carboxylic acids is 2. The van der Waals surface area contributed by atoms with E-state index in [-0.39, 0.29) is 6.42 Å². The molecule has 1 amide bonds. The summed E-state index contributed by atoms with van der Waals surface area (Å²) in [5.41, 5.74) is 0. The number of carbonyl (C=O) groups excluding carboxylic acids is 1. The van der Waals surface area contributed by atoms with E-state index in [1.165, 1.54) is 19.3 Å². The average Bonchev–Trinajstić information content (AvgIpc) is 2.64. The molecule has 0 aromatic rings. The molecule has 0 heterocycles. The lowest BCUT2D eigenvalue weighted by atomic mass is 10.1. The highest BCUT2D eigenvalue weighted by molar-refractivity contribution is 5.86. The number of nitrogens with one attached hydrogen (secondary N) is 1. The molecule has 0 fully saturated rings. The van der Waals surface area contributed by atoms with Crippen molar-refractivity contribution in [1.82, 2.24) is 5.32 Å². The third-order valence-electron chi connectivity index (χ3n) is 4.06. The summed E-state index contributed by atoms with van der Waals surface area (Å²) in [7, 11) is 0. The van der Waals surface area contributed by atoms with Crippen LogP contribution in [0.4, 0.5) is 0 Å². The second-order valence-electron chi connectivity index (χ2n) is 6.68. The van der Waals surface area contributed by atoms with Crippen LogP contribution in [0.1, 0.15) is 77.6 Å². The van der Waals surface area contributed by atoms with E-state index < -0.39 is 30.3 Å². The zero-order valence-electron chi connectivity index (χ0n) is 16.9. The van der Waals surface area contributed by atoms with E-state index in [9.17, 15) is 14.4 Å². The van der Waals surface area contributed by atoms with Crippen molar-refractivity contribution in [3.05, 3.63) is 36.5 Å². The van der Waals surface area contributed by atoms with E-state index in [1.807, 2.05) is 0 Å². The van der Waals surface area contributed by atoms with Crippen LogP contribution in [0.3, 0.4) is 0 Å². The van der Waals surface area contributed by atoms with Crippen LogP contribution in [-0.2, 0) is 14.4 Å². The van der Waals surface area contributed by atoms with Gasteiger partial charge in [0.2, 0.25) is 5.91 Å². The summed E-state index contributed by atoms with van der Waals surface area (Å²) in [6.45, 7) is 2.21. The molecule has 6 nitrogen and oxygen atoms in total. The topological polar surface area (TPSA) is 104 Å². The number of allylic oxidation sites excluding steroid dienone is 6. The number of hydrogen-bond acceptors (Lipinski definition) is 3. The Morgan fingerprint density at radius 3 is 1.86 bits per heavy atom. The van der Waals surface area contributed by atoms with Gasteiger partial charge >= 0.3 is 11.9 Å². The molecule has 1 unspecified atom stereocenters. The van der Waals surface area contributed by atoms with E-state index in [0.29, 0.717) is 6.42 Å². The summed E-state index contributed by atoms with van der Waals surface area (Å²) in [4.78, 5) is 33.1. The van der Waals surface area contributed by atoms with Crippen molar-refractivity contribution >= 4 is 17.8 Å². The minimum atomic E-state index is -1.37. The van der Waals surface area contributed by atoms with Gasteiger partial charge in [-0.05, 0) is 44.9 Å². The molecule has 28 heavy (non-hydrogen) atoms. The number of aliphatic carboxylic acids is 2. The Kier molecular flexibility index (Phi) is 16.5. The van der Waals surface area contributed by atoms with E-state index in [0.717, 1.165) is 32.1 Å². The number of amides is 1. The highest BCUT2D eigenvalue weighted by Gasteiger charge is 2.22. The van der Waals surface area contributed by atoms with Gasteiger partial charge in [0.05, 0.1) is 6.42 Å². The molecule has 0 aromatic heterocycles. The summed E-state index contributed by atoms with van der Waals surface area (Å²) in [6.07, 6.45) is 21.6. The van der Waals surface area contributed by atoms with Crippen molar-refractivity contribution in [1.29, 1.82) is 0 Å². The predicted molar refractivity (Wildman–Crippen MR) is 111 cm³/mol. The Balaban J connectivity index is 3.71. The number of rotatable bonds is 17. The quantitative estimate of drug-likeness (QED) is 0.247. The van der Waals surface area contributed by atoms with Crippen molar-refractivity contribution in [3.8, 4) is 0 Å². The third kappa shape index (κ3) is 17.1. The van der Waals surface area contributed by atoms with Gasteiger partial charge in [0.1, 0.15) is 6.04 Å². The van der Waals surface area contributed by atoms with Gasteiger partial charge in [-0.2, -0.15) is 0 Å². The molecule has 0 aliphatic carbocycles. The Morgan fingerprint density at radius 2 is 1.36 bits per heavy atom. The SMILES string of the molecule is CCCCCC=CCC=CCC=CCCCCC(=O)NC(CC(=O)O)C(=O)O. The highest BCUT2D eigenvalue weighted by Crippen LogP contribution is 2.04. The van der Waals surface area contributed by atoms with Crippen LogP contribution in [0.2, 0.25) is 0 Å². The third-order valence-corrected chi connectivity index (χ3v) is 4.06. The van der Waals surface area contributed by atoms with Gasteiger partial charge in [-0.3, -0.25) is 9.59 Å². The van der Waals surface area contributed by atoms with Crippen LogP contribution in [0.5, 0.6) is 0 Å². The fourth-order valence-corrected chi connectivity index (χ4v) is 2.48. The predicted octanol–water partition coefficient (Wildman–Crippen LogP) is 4.62. The molecule has 0 saturated heterocycles. The van der Waals surface area contributed by atoms with Gasteiger partial charge in [0.15, 0.2) is 0 Å². The van der Waals surface area contributed by atoms with Gasteiger partial charge in [-0.25, -0.2) is 4.79 Å². The summed E-state index contributed by atoms with van der Waals surface area (Å²) in [5.74, 6) is -3.02. The normalized spacial score (nSPS) is 12.8. The zero-order valence-corrected chi connectivity index (χ0v) is 16.9. The van der Waals surface area contributed by atoms with Gasteiger partial charge < -0.3 is 15.5 Å². The second-order valence-corrected chi connectivity index (χ2v) is 6.68. The van der Waals surface area contributed by atoms with Crippen LogP contribution < -0.4 is 5.32 Å². The second kappa shape index (κ2) is 18.0. The number of carboxylic acid groups (broad SMARTS) is 2. The first kappa shape index (κ1) is 25.6. The average molecular weight is 394 g/mol. The molecule has 0 aromatic carbocycles. The molecule has 0 aliphatic rings. The lowest BCUT2D eigenvalue weighted by Gasteiger charge is -2.12. The van der Waals surface area contributed by atoms with Gasteiger partial charge in [0, 0.05) is 6.42 Å². The largest absolute Gasteiger partial charge is 0.481 e. The lowest BCUT2D eigenvalue weighted by Crippen LogP contribution is -2.42. The van der Waals surface area contributed by atoms with Crippen LogP contribution in [-0.4, -0.2) is 34.1 Å². The van der Waals surface area contributed by atoms with Crippen molar-refractivity contribution in [3.63, 3.8) is 0 Å². The first-order chi connectivity index (χ1) is 13.5. The van der Waals surface area contributed by atoms with Crippen molar-refractivity contribution in [2.24, 2.45) is 0 Å². The molecular formula is C22H35NO5. The van der Waals surface area contributed by atoms with E-state index in [4.69, 9.17) is 10.2 Å². The Morgan fingerprint density at radius 1 is 0.821 bits per heavy atom. The molecule has 0 rings (SSSR count). The molecule has 0 saturated carbocycles. The van der Waals surface area contributed by atoms with Crippen molar-refractivity contribution in [2.75, 3.05) is 0 Å². The first-order valence-corrected chi connectivity index (χ1v) is 10.2. The molecule has 0 spiro atoms. The maximum atomic E-state index is 11.7. The molecule has 3 N–H and O–H groups in total. The number of hydrogen-bond donors (Lipinski definition) is 3. The fraction of sp³-hybridized carbons (Fsp3) is 0.591. The molecule has 158 valence electrons. The van der Waals surface area contributed by atoms with E-state index >= 15 is 0 Å². The molecule has 0 bridgehead atoms. The van der Waals surface area contributed by atoms with Crippen molar-refractivity contribution in [2.45, 2.75) is 83.6 Å². The Hall–Kier alpha value is -2.37. The summed E-state index contributed by atoms with van der Waals surface area (Å²) in [6, 6.07) is -1.37. The lowest BCUT2D eigenvalue weighted by molar-refractivity contribution is -0.147. The van der Waals surface area contributed by atoms with Gasteiger partial charge in [0.25, 0.3) is 0 Å². The summed E-state index contributed by atoms with van der Waals surface area (Å²) in [5, 5.41) is 19.8.